The number of carbonyl (C=O) groups is 1. The van der Waals surface area contributed by atoms with Crippen molar-refractivity contribution in [1.82, 2.24) is 9.88 Å². The summed E-state index contributed by atoms with van der Waals surface area (Å²) in [5, 5.41) is 6.00. The van der Waals surface area contributed by atoms with E-state index in [9.17, 15) is 9.18 Å². The van der Waals surface area contributed by atoms with Crippen molar-refractivity contribution >= 4 is 17.4 Å². The van der Waals surface area contributed by atoms with Gasteiger partial charge >= 0.3 is 0 Å². The van der Waals surface area contributed by atoms with E-state index >= 15 is 0 Å². The Bertz CT molecular complexity index is 658. The van der Waals surface area contributed by atoms with Crippen LogP contribution in [0.25, 0.3) is 0 Å². The first kappa shape index (κ1) is 17.9. The fourth-order valence-electron chi connectivity index (χ4n) is 2.22. The molecule has 1 amide bonds. The van der Waals surface area contributed by atoms with Crippen molar-refractivity contribution in [3.8, 4) is 0 Å². The maximum absolute atomic E-state index is 13.1. The molecule has 0 radical (unpaired) electrons. The summed E-state index contributed by atoms with van der Waals surface area (Å²) >= 11 is 0. The minimum absolute atomic E-state index is 0.127. The van der Waals surface area contributed by atoms with Gasteiger partial charge in [-0.1, -0.05) is 12.1 Å². The lowest BCUT2D eigenvalue weighted by atomic mass is 10.1. The summed E-state index contributed by atoms with van der Waals surface area (Å²) in [5.74, 6) is 0.234. The second-order valence-electron chi connectivity index (χ2n) is 5.87. The number of halogens is 1. The summed E-state index contributed by atoms with van der Waals surface area (Å²) in [4.78, 5) is 18.4. The van der Waals surface area contributed by atoms with E-state index < -0.39 is 0 Å². The molecule has 0 saturated carbocycles. The molecule has 1 heterocycles. The highest BCUT2D eigenvalue weighted by Crippen LogP contribution is 2.11. The summed E-state index contributed by atoms with van der Waals surface area (Å²) < 4.78 is 13.1. The van der Waals surface area contributed by atoms with E-state index in [2.05, 4.69) is 20.5 Å². The van der Waals surface area contributed by atoms with Crippen LogP contribution in [0.15, 0.2) is 42.6 Å². The van der Waals surface area contributed by atoms with Crippen molar-refractivity contribution in [2.75, 3.05) is 37.8 Å². The maximum Gasteiger partial charge on any atom is 0.228 e. The van der Waals surface area contributed by atoms with Gasteiger partial charge in [-0.05, 0) is 56.9 Å². The predicted octanol–water partition coefficient (Wildman–Crippen LogP) is 2.77. The average Bonchev–Trinajstić information content (AvgIpc) is 2.53. The van der Waals surface area contributed by atoms with E-state index in [1.165, 1.54) is 12.1 Å². The molecule has 0 aliphatic carbocycles. The Kier molecular flexibility index (Phi) is 6.69. The van der Waals surface area contributed by atoms with Gasteiger partial charge in [-0.2, -0.15) is 0 Å². The average molecular weight is 330 g/mol. The minimum atomic E-state index is -0.341. The Morgan fingerprint density at radius 1 is 1.25 bits per heavy atom. The molecule has 5 nitrogen and oxygen atoms in total. The Hall–Kier alpha value is -2.47. The Balaban J connectivity index is 1.79. The SMILES string of the molecule is CN(C)CCCNc1ccc(NC(=O)Cc2cccc(F)c2)cn1. The van der Waals surface area contributed by atoms with Crippen LogP contribution in [0.3, 0.4) is 0 Å². The lowest BCUT2D eigenvalue weighted by molar-refractivity contribution is -0.115. The van der Waals surface area contributed by atoms with E-state index in [0.717, 1.165) is 25.3 Å². The summed E-state index contributed by atoms with van der Waals surface area (Å²) in [7, 11) is 4.08. The summed E-state index contributed by atoms with van der Waals surface area (Å²) in [6, 6.07) is 9.66. The van der Waals surface area contributed by atoms with Gasteiger partial charge in [0.15, 0.2) is 0 Å². The van der Waals surface area contributed by atoms with Crippen LogP contribution in [0.1, 0.15) is 12.0 Å². The van der Waals surface area contributed by atoms with Crippen molar-refractivity contribution in [1.29, 1.82) is 0 Å². The third-order valence-electron chi connectivity index (χ3n) is 3.39. The molecule has 1 aromatic heterocycles. The molecule has 24 heavy (non-hydrogen) atoms. The number of carbonyl (C=O) groups excluding carboxylic acids is 1. The van der Waals surface area contributed by atoms with Gasteiger partial charge in [0.1, 0.15) is 11.6 Å². The zero-order valence-electron chi connectivity index (χ0n) is 14.1. The Morgan fingerprint density at radius 3 is 2.75 bits per heavy atom. The number of anilines is 2. The first-order valence-electron chi connectivity index (χ1n) is 7.92. The van der Waals surface area contributed by atoms with Crippen LogP contribution < -0.4 is 10.6 Å². The van der Waals surface area contributed by atoms with Crippen molar-refractivity contribution in [2.24, 2.45) is 0 Å². The van der Waals surface area contributed by atoms with E-state index in [0.29, 0.717) is 11.3 Å². The van der Waals surface area contributed by atoms with E-state index in [1.807, 2.05) is 20.2 Å². The van der Waals surface area contributed by atoms with Crippen LogP contribution in [-0.4, -0.2) is 43.0 Å². The molecule has 0 aliphatic heterocycles. The fourth-order valence-corrected chi connectivity index (χ4v) is 2.22. The molecule has 0 aliphatic rings. The third-order valence-corrected chi connectivity index (χ3v) is 3.39. The van der Waals surface area contributed by atoms with E-state index in [1.54, 1.807) is 24.4 Å². The minimum Gasteiger partial charge on any atom is -0.370 e. The number of nitrogens with zero attached hydrogens (tertiary/aromatic N) is 2. The van der Waals surface area contributed by atoms with Crippen LogP contribution >= 0.6 is 0 Å². The van der Waals surface area contributed by atoms with Gasteiger partial charge in [-0.25, -0.2) is 9.37 Å². The smallest absolute Gasteiger partial charge is 0.228 e. The summed E-state index contributed by atoms with van der Waals surface area (Å²) in [6.07, 6.45) is 2.76. The van der Waals surface area contributed by atoms with Gasteiger partial charge in [0.05, 0.1) is 18.3 Å². The van der Waals surface area contributed by atoms with Crippen molar-refractivity contribution in [2.45, 2.75) is 12.8 Å². The van der Waals surface area contributed by atoms with E-state index in [-0.39, 0.29) is 18.1 Å². The number of hydrogen-bond donors (Lipinski definition) is 2. The third kappa shape index (κ3) is 6.34. The molecule has 2 N–H and O–H groups in total. The van der Waals surface area contributed by atoms with Crippen molar-refractivity contribution in [3.05, 3.63) is 54.0 Å². The van der Waals surface area contributed by atoms with Crippen LogP contribution in [0.5, 0.6) is 0 Å². The van der Waals surface area contributed by atoms with Gasteiger partial charge in [0.2, 0.25) is 5.91 Å². The molecule has 0 atom stereocenters. The van der Waals surface area contributed by atoms with Gasteiger partial charge in [-0.15, -0.1) is 0 Å². The molecule has 0 fully saturated rings. The molecule has 1 aromatic carbocycles. The fraction of sp³-hybridized carbons (Fsp3) is 0.333. The Labute approximate surface area is 141 Å². The lowest BCUT2D eigenvalue weighted by Crippen LogP contribution is -2.17. The van der Waals surface area contributed by atoms with E-state index in [4.69, 9.17) is 0 Å². The number of aromatic nitrogens is 1. The molecule has 0 spiro atoms. The maximum atomic E-state index is 13.1. The molecular formula is C18H23FN4O. The predicted molar refractivity (Wildman–Crippen MR) is 94.6 cm³/mol. The first-order chi connectivity index (χ1) is 11.5. The second-order valence-corrected chi connectivity index (χ2v) is 5.87. The highest BCUT2D eigenvalue weighted by atomic mass is 19.1. The van der Waals surface area contributed by atoms with Crippen molar-refractivity contribution < 1.29 is 9.18 Å². The Morgan fingerprint density at radius 2 is 2.08 bits per heavy atom. The van der Waals surface area contributed by atoms with Gasteiger partial charge < -0.3 is 15.5 Å². The highest BCUT2D eigenvalue weighted by Gasteiger charge is 2.05. The van der Waals surface area contributed by atoms with Gasteiger partial charge in [0.25, 0.3) is 0 Å². The number of pyridine rings is 1. The molecule has 0 saturated heterocycles. The molecule has 6 heteroatoms. The monoisotopic (exact) mass is 330 g/mol. The molecular weight excluding hydrogens is 307 g/mol. The summed E-state index contributed by atoms with van der Waals surface area (Å²) in [5.41, 5.74) is 1.26. The highest BCUT2D eigenvalue weighted by molar-refractivity contribution is 5.92. The number of rotatable bonds is 8. The quantitative estimate of drug-likeness (QED) is 0.731. The molecule has 0 unspecified atom stereocenters. The van der Waals surface area contributed by atoms with Crippen LogP contribution in [0.2, 0.25) is 0 Å². The van der Waals surface area contributed by atoms with Crippen LogP contribution in [-0.2, 0) is 11.2 Å². The van der Waals surface area contributed by atoms with Gasteiger partial charge in [0, 0.05) is 6.54 Å². The topological polar surface area (TPSA) is 57.3 Å². The molecule has 2 rings (SSSR count). The second kappa shape index (κ2) is 8.98. The zero-order chi connectivity index (χ0) is 17.4. The zero-order valence-corrected chi connectivity index (χ0v) is 14.1. The lowest BCUT2D eigenvalue weighted by Gasteiger charge is -2.10. The largest absolute Gasteiger partial charge is 0.370 e. The van der Waals surface area contributed by atoms with Crippen LogP contribution in [0, 0.1) is 5.82 Å². The number of amides is 1. The number of nitrogens with one attached hydrogen (secondary N) is 2. The molecule has 0 bridgehead atoms. The first-order valence-corrected chi connectivity index (χ1v) is 7.92. The number of hydrogen-bond acceptors (Lipinski definition) is 4. The normalized spacial score (nSPS) is 10.7. The molecule has 128 valence electrons. The standard InChI is InChI=1S/C18H23FN4O/c1-23(2)10-4-9-20-17-8-7-16(13-21-17)22-18(24)12-14-5-3-6-15(19)11-14/h3,5-8,11,13H,4,9-10,12H2,1-2H3,(H,20,21)(H,22,24). The summed E-state index contributed by atoms with van der Waals surface area (Å²) in [6.45, 7) is 1.86. The van der Waals surface area contributed by atoms with Crippen LogP contribution in [0.4, 0.5) is 15.9 Å². The molecule has 2 aromatic rings. The van der Waals surface area contributed by atoms with Crippen molar-refractivity contribution in [3.63, 3.8) is 0 Å². The van der Waals surface area contributed by atoms with Gasteiger partial charge in [-0.3, -0.25) is 4.79 Å². The number of benzene rings is 1.